The molecule has 104 valence electrons. The molecule has 6 heteroatoms. The SMILES string of the molecule is CCCC(CNc1cc(Br)ccc1C(N)=O)C(=O)O. The molecule has 0 saturated heterocycles. The van der Waals surface area contributed by atoms with Crippen LogP contribution in [-0.2, 0) is 4.79 Å². The quantitative estimate of drug-likeness (QED) is 0.716. The molecule has 0 aromatic heterocycles. The lowest BCUT2D eigenvalue weighted by Gasteiger charge is -2.15. The maximum Gasteiger partial charge on any atom is 0.308 e. The molecular weight excluding hydrogens is 312 g/mol. The summed E-state index contributed by atoms with van der Waals surface area (Å²) in [6.45, 7) is 2.20. The van der Waals surface area contributed by atoms with Crippen molar-refractivity contribution in [2.45, 2.75) is 19.8 Å². The lowest BCUT2D eigenvalue weighted by Crippen LogP contribution is -2.24. The van der Waals surface area contributed by atoms with E-state index in [1.807, 2.05) is 6.92 Å². The number of primary amides is 1. The fourth-order valence-electron chi connectivity index (χ4n) is 1.77. The summed E-state index contributed by atoms with van der Waals surface area (Å²) in [5, 5.41) is 12.1. The molecule has 5 nitrogen and oxygen atoms in total. The summed E-state index contributed by atoms with van der Waals surface area (Å²) in [5.41, 5.74) is 6.18. The van der Waals surface area contributed by atoms with Crippen molar-refractivity contribution >= 4 is 33.5 Å². The van der Waals surface area contributed by atoms with Crippen molar-refractivity contribution in [2.75, 3.05) is 11.9 Å². The second kappa shape index (κ2) is 7.13. The average molecular weight is 329 g/mol. The van der Waals surface area contributed by atoms with Crippen molar-refractivity contribution in [3.8, 4) is 0 Å². The molecule has 0 radical (unpaired) electrons. The zero-order chi connectivity index (χ0) is 14.4. The maximum atomic E-state index is 11.3. The van der Waals surface area contributed by atoms with E-state index in [0.29, 0.717) is 17.7 Å². The van der Waals surface area contributed by atoms with Crippen LogP contribution < -0.4 is 11.1 Å². The van der Waals surface area contributed by atoms with E-state index in [4.69, 9.17) is 10.8 Å². The van der Waals surface area contributed by atoms with E-state index in [0.717, 1.165) is 10.9 Å². The molecule has 0 spiro atoms. The van der Waals surface area contributed by atoms with Crippen molar-refractivity contribution in [1.29, 1.82) is 0 Å². The van der Waals surface area contributed by atoms with Gasteiger partial charge in [-0.15, -0.1) is 0 Å². The summed E-state index contributed by atoms with van der Waals surface area (Å²) in [6, 6.07) is 5.03. The molecule has 0 fully saturated rings. The lowest BCUT2D eigenvalue weighted by atomic mass is 10.0. The highest BCUT2D eigenvalue weighted by Gasteiger charge is 2.17. The van der Waals surface area contributed by atoms with Gasteiger partial charge >= 0.3 is 5.97 Å². The number of hydrogen-bond acceptors (Lipinski definition) is 3. The van der Waals surface area contributed by atoms with Crippen LogP contribution in [0.5, 0.6) is 0 Å². The Hall–Kier alpha value is -1.56. The normalized spacial score (nSPS) is 11.9. The Morgan fingerprint density at radius 3 is 2.68 bits per heavy atom. The van der Waals surface area contributed by atoms with Gasteiger partial charge in [-0.05, 0) is 24.6 Å². The smallest absolute Gasteiger partial charge is 0.308 e. The Bertz CT molecular complexity index is 477. The summed E-state index contributed by atoms with van der Waals surface area (Å²) in [5.74, 6) is -1.87. The molecule has 0 saturated carbocycles. The van der Waals surface area contributed by atoms with Crippen molar-refractivity contribution < 1.29 is 14.7 Å². The maximum absolute atomic E-state index is 11.3. The van der Waals surface area contributed by atoms with Gasteiger partial charge in [-0.1, -0.05) is 29.3 Å². The van der Waals surface area contributed by atoms with Crippen LogP contribution in [0.4, 0.5) is 5.69 Å². The minimum atomic E-state index is -0.843. The first-order valence-corrected chi connectivity index (χ1v) is 6.81. The second-order valence-electron chi connectivity index (χ2n) is 4.26. The Kier molecular flexibility index (Phi) is 5.82. The fraction of sp³-hybridized carbons (Fsp3) is 0.385. The van der Waals surface area contributed by atoms with Crippen LogP contribution in [0.2, 0.25) is 0 Å². The number of halogens is 1. The number of carboxylic acids is 1. The van der Waals surface area contributed by atoms with Crippen LogP contribution in [0.15, 0.2) is 22.7 Å². The molecule has 0 heterocycles. The Labute approximate surface area is 120 Å². The van der Waals surface area contributed by atoms with Gasteiger partial charge in [-0.3, -0.25) is 9.59 Å². The van der Waals surface area contributed by atoms with Gasteiger partial charge in [0.15, 0.2) is 0 Å². The molecule has 1 amide bonds. The van der Waals surface area contributed by atoms with Gasteiger partial charge in [0.1, 0.15) is 0 Å². The zero-order valence-corrected chi connectivity index (χ0v) is 12.2. The number of nitrogens with two attached hydrogens (primary N) is 1. The Morgan fingerprint density at radius 2 is 2.16 bits per heavy atom. The van der Waals surface area contributed by atoms with E-state index in [1.165, 1.54) is 0 Å². The third kappa shape index (κ3) is 4.55. The van der Waals surface area contributed by atoms with Gasteiger partial charge in [0.2, 0.25) is 0 Å². The van der Waals surface area contributed by atoms with Crippen LogP contribution in [0.1, 0.15) is 30.1 Å². The topological polar surface area (TPSA) is 92.4 Å². The molecule has 1 rings (SSSR count). The van der Waals surface area contributed by atoms with Crippen molar-refractivity contribution in [2.24, 2.45) is 11.7 Å². The van der Waals surface area contributed by atoms with Gasteiger partial charge in [0, 0.05) is 16.7 Å². The molecule has 1 atom stereocenters. The van der Waals surface area contributed by atoms with Gasteiger partial charge in [0.05, 0.1) is 11.5 Å². The van der Waals surface area contributed by atoms with E-state index in [1.54, 1.807) is 18.2 Å². The number of anilines is 1. The number of rotatable bonds is 7. The molecule has 0 aliphatic carbocycles. The molecule has 0 bridgehead atoms. The molecular formula is C13H17BrN2O3. The minimum absolute atomic E-state index is 0.264. The zero-order valence-electron chi connectivity index (χ0n) is 10.6. The molecule has 0 aliphatic rings. The van der Waals surface area contributed by atoms with Gasteiger partial charge in [0.25, 0.3) is 5.91 Å². The van der Waals surface area contributed by atoms with E-state index >= 15 is 0 Å². The third-order valence-corrected chi connectivity index (χ3v) is 3.27. The number of carbonyl (C=O) groups excluding carboxylic acids is 1. The highest BCUT2D eigenvalue weighted by atomic mass is 79.9. The lowest BCUT2D eigenvalue weighted by molar-refractivity contribution is -0.141. The monoisotopic (exact) mass is 328 g/mol. The highest BCUT2D eigenvalue weighted by molar-refractivity contribution is 9.10. The number of nitrogens with one attached hydrogen (secondary N) is 1. The minimum Gasteiger partial charge on any atom is -0.481 e. The summed E-state index contributed by atoms with van der Waals surface area (Å²) >= 11 is 3.30. The number of amides is 1. The largest absolute Gasteiger partial charge is 0.481 e. The summed E-state index contributed by atoms with van der Waals surface area (Å²) in [6.07, 6.45) is 1.38. The van der Waals surface area contributed by atoms with Gasteiger partial charge in [-0.25, -0.2) is 0 Å². The number of aliphatic carboxylic acids is 1. The van der Waals surface area contributed by atoms with Gasteiger partial charge in [-0.2, -0.15) is 0 Å². The highest BCUT2D eigenvalue weighted by Crippen LogP contribution is 2.22. The number of carbonyl (C=O) groups is 2. The van der Waals surface area contributed by atoms with Crippen LogP contribution in [0.3, 0.4) is 0 Å². The average Bonchev–Trinajstić information content (AvgIpc) is 2.33. The summed E-state index contributed by atoms with van der Waals surface area (Å²) in [4.78, 5) is 22.3. The third-order valence-electron chi connectivity index (χ3n) is 2.77. The standard InChI is InChI=1S/C13H17BrN2O3/c1-2-3-8(13(18)19)7-16-11-6-9(14)4-5-10(11)12(15)17/h4-6,8,16H,2-3,7H2,1H3,(H2,15,17)(H,18,19). The number of benzene rings is 1. The number of hydrogen-bond donors (Lipinski definition) is 3. The second-order valence-corrected chi connectivity index (χ2v) is 5.17. The van der Waals surface area contributed by atoms with Crippen molar-refractivity contribution in [1.82, 2.24) is 0 Å². The first-order valence-electron chi connectivity index (χ1n) is 6.01. The first-order chi connectivity index (χ1) is 8.95. The fourth-order valence-corrected chi connectivity index (χ4v) is 2.13. The van der Waals surface area contributed by atoms with Crippen LogP contribution >= 0.6 is 15.9 Å². The summed E-state index contributed by atoms with van der Waals surface area (Å²) in [7, 11) is 0. The predicted molar refractivity (Wildman–Crippen MR) is 77.2 cm³/mol. The molecule has 1 unspecified atom stereocenters. The summed E-state index contributed by atoms with van der Waals surface area (Å²) < 4.78 is 0.794. The first kappa shape index (κ1) is 15.5. The van der Waals surface area contributed by atoms with Crippen LogP contribution in [-0.4, -0.2) is 23.5 Å². The van der Waals surface area contributed by atoms with Crippen molar-refractivity contribution in [3.63, 3.8) is 0 Å². The molecule has 0 aliphatic heterocycles. The van der Waals surface area contributed by atoms with Gasteiger partial charge < -0.3 is 16.2 Å². The van der Waals surface area contributed by atoms with E-state index in [2.05, 4.69) is 21.2 Å². The molecule has 1 aromatic rings. The number of carboxylic acid groups (broad SMARTS) is 1. The Balaban J connectivity index is 2.83. The van der Waals surface area contributed by atoms with E-state index in [-0.39, 0.29) is 6.54 Å². The van der Waals surface area contributed by atoms with E-state index < -0.39 is 17.8 Å². The molecule has 19 heavy (non-hydrogen) atoms. The van der Waals surface area contributed by atoms with E-state index in [9.17, 15) is 9.59 Å². The Morgan fingerprint density at radius 1 is 1.47 bits per heavy atom. The molecule has 1 aromatic carbocycles. The molecule has 4 N–H and O–H groups in total. The van der Waals surface area contributed by atoms with Crippen LogP contribution in [0.25, 0.3) is 0 Å². The van der Waals surface area contributed by atoms with Crippen LogP contribution in [0, 0.1) is 5.92 Å². The van der Waals surface area contributed by atoms with Crippen molar-refractivity contribution in [3.05, 3.63) is 28.2 Å². The predicted octanol–water partition coefficient (Wildman–Crippen LogP) is 2.46.